The third kappa shape index (κ3) is 4.70. The molecule has 118 valence electrons. The Morgan fingerprint density at radius 2 is 2.14 bits per heavy atom. The molecule has 0 saturated carbocycles. The van der Waals surface area contributed by atoms with E-state index in [9.17, 15) is 0 Å². The average molecular weight is 377 g/mol. The van der Waals surface area contributed by atoms with E-state index in [1.54, 1.807) is 23.9 Å². The number of hydrogen-bond donors (Lipinski definition) is 1. The van der Waals surface area contributed by atoms with Gasteiger partial charge in [0.25, 0.3) is 0 Å². The number of thioether (sulfide) groups is 1. The van der Waals surface area contributed by atoms with Crippen LogP contribution in [0.4, 0.5) is 5.13 Å². The minimum absolute atomic E-state index is 0.293. The summed E-state index contributed by atoms with van der Waals surface area (Å²) in [6.07, 6.45) is 2.54. The normalized spacial score (nSPS) is 17.8. The average Bonchev–Trinajstić information content (AvgIpc) is 3.13. The van der Waals surface area contributed by atoms with Gasteiger partial charge in [-0.2, -0.15) is 0 Å². The van der Waals surface area contributed by atoms with Gasteiger partial charge in [-0.05, 0) is 30.5 Å². The van der Waals surface area contributed by atoms with Crippen molar-refractivity contribution in [2.75, 3.05) is 18.5 Å². The van der Waals surface area contributed by atoms with Gasteiger partial charge in [0.05, 0.1) is 6.10 Å². The molecule has 2 aromatic heterocycles. The largest absolute Gasteiger partial charge is 0.376 e. The van der Waals surface area contributed by atoms with Crippen molar-refractivity contribution in [3.63, 3.8) is 0 Å². The van der Waals surface area contributed by atoms with Gasteiger partial charge >= 0.3 is 0 Å². The van der Waals surface area contributed by atoms with Crippen molar-refractivity contribution in [1.82, 2.24) is 15.2 Å². The van der Waals surface area contributed by atoms with Gasteiger partial charge in [0.15, 0.2) is 4.34 Å². The number of ether oxygens (including phenoxy) is 1. The standard InChI is InChI=1S/C13H14Cl2N4OS2/c14-10-4-8(5-11(15)17-10)7-21-13-19-18-12(22-13)16-6-9-2-1-3-20-9/h4-5,9H,1-3,6-7H2,(H,16,18)/t9-/m1/s1. The van der Waals surface area contributed by atoms with Crippen LogP contribution < -0.4 is 5.32 Å². The fourth-order valence-electron chi connectivity index (χ4n) is 2.09. The Balaban J connectivity index is 1.50. The molecule has 3 heterocycles. The van der Waals surface area contributed by atoms with Gasteiger partial charge in [0.1, 0.15) is 10.3 Å². The molecule has 2 aromatic rings. The molecule has 1 atom stereocenters. The molecule has 3 rings (SSSR count). The van der Waals surface area contributed by atoms with Gasteiger partial charge in [-0.15, -0.1) is 10.2 Å². The lowest BCUT2D eigenvalue weighted by atomic mass is 10.2. The monoisotopic (exact) mass is 376 g/mol. The highest BCUT2D eigenvalue weighted by molar-refractivity contribution is 8.00. The van der Waals surface area contributed by atoms with Crippen LogP contribution in [0.15, 0.2) is 16.5 Å². The molecule has 0 bridgehead atoms. The molecule has 1 aliphatic rings. The third-order valence-electron chi connectivity index (χ3n) is 3.10. The summed E-state index contributed by atoms with van der Waals surface area (Å²) in [6, 6.07) is 3.61. The lowest BCUT2D eigenvalue weighted by Gasteiger charge is -2.08. The SMILES string of the molecule is Clc1cc(CSc2nnc(NC[C@H]3CCCO3)s2)cc(Cl)n1. The van der Waals surface area contributed by atoms with Crippen LogP contribution >= 0.6 is 46.3 Å². The predicted molar refractivity (Wildman–Crippen MR) is 91.2 cm³/mol. The van der Waals surface area contributed by atoms with Crippen molar-refractivity contribution in [2.24, 2.45) is 0 Å². The molecule has 0 amide bonds. The van der Waals surface area contributed by atoms with Crippen LogP contribution in [0.1, 0.15) is 18.4 Å². The topological polar surface area (TPSA) is 59.9 Å². The first-order valence-corrected chi connectivity index (χ1v) is 9.38. The number of nitrogens with zero attached hydrogens (tertiary/aromatic N) is 3. The molecule has 1 aliphatic heterocycles. The van der Waals surface area contributed by atoms with E-state index in [0.29, 0.717) is 16.4 Å². The Kier molecular flexibility index (Phi) is 5.76. The molecule has 1 fully saturated rings. The molecule has 0 radical (unpaired) electrons. The molecule has 0 spiro atoms. The van der Waals surface area contributed by atoms with Crippen LogP contribution in [-0.2, 0) is 10.5 Å². The van der Waals surface area contributed by atoms with Gasteiger partial charge in [-0.25, -0.2) is 4.98 Å². The minimum atomic E-state index is 0.293. The van der Waals surface area contributed by atoms with Gasteiger partial charge in [0, 0.05) is 18.9 Å². The molecular formula is C13H14Cl2N4OS2. The summed E-state index contributed by atoms with van der Waals surface area (Å²) in [4.78, 5) is 3.93. The number of rotatable bonds is 6. The first-order valence-electron chi connectivity index (χ1n) is 6.83. The Bertz CT molecular complexity index is 614. The first-order chi connectivity index (χ1) is 10.7. The second-order valence-corrected chi connectivity index (χ2v) is 7.77. The molecule has 0 aliphatic carbocycles. The van der Waals surface area contributed by atoms with Crippen LogP contribution in [-0.4, -0.2) is 34.4 Å². The van der Waals surface area contributed by atoms with E-state index in [-0.39, 0.29) is 0 Å². The van der Waals surface area contributed by atoms with Crippen molar-refractivity contribution >= 4 is 51.4 Å². The molecule has 0 aromatic carbocycles. The van der Waals surface area contributed by atoms with Crippen LogP contribution in [0.3, 0.4) is 0 Å². The highest BCUT2D eigenvalue weighted by atomic mass is 35.5. The van der Waals surface area contributed by atoms with Crippen LogP contribution in [0, 0.1) is 0 Å². The number of aromatic nitrogens is 3. The lowest BCUT2D eigenvalue weighted by molar-refractivity contribution is 0.120. The van der Waals surface area contributed by atoms with Gasteiger partial charge in [-0.1, -0.05) is 46.3 Å². The van der Waals surface area contributed by atoms with Crippen molar-refractivity contribution in [3.8, 4) is 0 Å². The van der Waals surface area contributed by atoms with Crippen molar-refractivity contribution < 1.29 is 4.74 Å². The molecule has 0 unspecified atom stereocenters. The Morgan fingerprint density at radius 1 is 1.32 bits per heavy atom. The van der Waals surface area contributed by atoms with E-state index in [1.807, 2.05) is 0 Å². The third-order valence-corrected chi connectivity index (χ3v) is 5.57. The summed E-state index contributed by atoms with van der Waals surface area (Å²) in [5.41, 5.74) is 1.01. The smallest absolute Gasteiger partial charge is 0.206 e. The fourth-order valence-corrected chi connectivity index (χ4v) is 4.28. The van der Waals surface area contributed by atoms with E-state index in [4.69, 9.17) is 27.9 Å². The van der Waals surface area contributed by atoms with E-state index in [1.165, 1.54) is 11.3 Å². The second-order valence-electron chi connectivity index (χ2n) is 4.80. The Hall–Kier alpha value is -0.600. The van der Waals surface area contributed by atoms with Crippen molar-refractivity contribution in [2.45, 2.75) is 29.0 Å². The van der Waals surface area contributed by atoms with Gasteiger partial charge < -0.3 is 10.1 Å². The highest BCUT2D eigenvalue weighted by Crippen LogP contribution is 2.29. The van der Waals surface area contributed by atoms with E-state index in [0.717, 1.165) is 46.8 Å². The summed E-state index contributed by atoms with van der Waals surface area (Å²) >= 11 is 14.9. The summed E-state index contributed by atoms with van der Waals surface area (Å²) in [7, 11) is 0. The van der Waals surface area contributed by atoms with Gasteiger partial charge in [-0.3, -0.25) is 0 Å². The van der Waals surface area contributed by atoms with Crippen LogP contribution in [0.5, 0.6) is 0 Å². The maximum atomic E-state index is 5.89. The number of anilines is 1. The second kappa shape index (κ2) is 7.79. The molecule has 1 saturated heterocycles. The number of pyridine rings is 1. The number of nitrogens with one attached hydrogen (secondary N) is 1. The zero-order valence-corrected chi connectivity index (χ0v) is 14.7. The van der Waals surface area contributed by atoms with E-state index >= 15 is 0 Å². The molecule has 5 nitrogen and oxygen atoms in total. The predicted octanol–water partition coefficient (Wildman–Crippen LogP) is 4.12. The molecule has 9 heteroatoms. The Labute approximate surface area is 146 Å². The lowest BCUT2D eigenvalue weighted by Crippen LogP contribution is -2.18. The zero-order valence-electron chi connectivity index (χ0n) is 11.6. The fraction of sp³-hybridized carbons (Fsp3) is 0.462. The van der Waals surface area contributed by atoms with Crippen LogP contribution in [0.25, 0.3) is 0 Å². The summed E-state index contributed by atoms with van der Waals surface area (Å²) in [6.45, 7) is 1.65. The first kappa shape index (κ1) is 16.3. The molecular weight excluding hydrogens is 363 g/mol. The molecule has 22 heavy (non-hydrogen) atoms. The van der Waals surface area contributed by atoms with Crippen LogP contribution in [0.2, 0.25) is 10.3 Å². The van der Waals surface area contributed by atoms with E-state index < -0.39 is 0 Å². The summed E-state index contributed by atoms with van der Waals surface area (Å²) in [5.74, 6) is 0.725. The maximum Gasteiger partial charge on any atom is 0.206 e. The molecule has 1 N–H and O–H groups in total. The summed E-state index contributed by atoms with van der Waals surface area (Å²) in [5, 5.41) is 13.2. The quantitative estimate of drug-likeness (QED) is 0.604. The van der Waals surface area contributed by atoms with Crippen molar-refractivity contribution in [3.05, 3.63) is 28.0 Å². The minimum Gasteiger partial charge on any atom is -0.376 e. The van der Waals surface area contributed by atoms with E-state index in [2.05, 4.69) is 20.5 Å². The maximum absolute atomic E-state index is 5.89. The van der Waals surface area contributed by atoms with Gasteiger partial charge in [0.2, 0.25) is 5.13 Å². The Morgan fingerprint density at radius 3 is 2.86 bits per heavy atom. The highest BCUT2D eigenvalue weighted by Gasteiger charge is 2.15. The number of halogens is 2. The van der Waals surface area contributed by atoms with Crippen molar-refractivity contribution in [1.29, 1.82) is 0 Å². The number of hydrogen-bond acceptors (Lipinski definition) is 7. The zero-order chi connectivity index (χ0) is 15.4. The summed E-state index contributed by atoms with van der Waals surface area (Å²) < 4.78 is 6.47.